The third-order valence-corrected chi connectivity index (χ3v) is 3.87. The van der Waals surface area contributed by atoms with Crippen molar-refractivity contribution in [2.24, 2.45) is 0 Å². The molecule has 0 bridgehead atoms. The Hall–Kier alpha value is -1.05. The normalized spacial score (nSPS) is 15.1. The maximum absolute atomic E-state index is 8.72. The quantitative estimate of drug-likeness (QED) is 0.795. The monoisotopic (exact) mass is 266 g/mol. The summed E-state index contributed by atoms with van der Waals surface area (Å²) in [6.07, 6.45) is 3.05. The molecule has 1 saturated carbocycles. The van der Waals surface area contributed by atoms with Gasteiger partial charge in [-0.1, -0.05) is 11.6 Å². The molecule has 0 amide bonds. The number of aromatic nitrogens is 2. The molecule has 0 atom stereocenters. The van der Waals surface area contributed by atoms with Crippen molar-refractivity contribution in [1.29, 1.82) is 5.26 Å². The molecule has 0 unspecified atom stereocenters. The molecule has 1 aliphatic carbocycles. The van der Waals surface area contributed by atoms with Gasteiger partial charge in [-0.05, 0) is 26.7 Å². The zero-order chi connectivity index (χ0) is 13.1. The molecule has 0 N–H and O–H groups in total. The molecule has 1 aliphatic rings. The Labute approximate surface area is 113 Å². The first kappa shape index (κ1) is 13.4. The third kappa shape index (κ3) is 2.85. The van der Waals surface area contributed by atoms with Crippen LogP contribution in [0.25, 0.3) is 0 Å². The molecule has 18 heavy (non-hydrogen) atoms. The summed E-state index contributed by atoms with van der Waals surface area (Å²) >= 11 is 6.32. The second-order valence-electron chi connectivity index (χ2n) is 4.77. The number of hydrogen-bond acceptors (Lipinski definition) is 3. The van der Waals surface area contributed by atoms with Crippen molar-refractivity contribution in [2.75, 3.05) is 6.54 Å². The zero-order valence-electron chi connectivity index (χ0n) is 11.0. The molecule has 0 aromatic carbocycles. The van der Waals surface area contributed by atoms with Crippen molar-refractivity contribution in [1.82, 2.24) is 14.7 Å². The van der Waals surface area contributed by atoms with Crippen LogP contribution < -0.4 is 0 Å². The van der Waals surface area contributed by atoms with E-state index in [9.17, 15) is 0 Å². The molecule has 1 heterocycles. The molecule has 98 valence electrons. The van der Waals surface area contributed by atoms with Crippen LogP contribution in [0, 0.1) is 18.3 Å². The number of nitrogens with zero attached hydrogens (tertiary/aromatic N) is 4. The molecule has 1 fully saturated rings. The minimum Gasteiger partial charge on any atom is -0.294 e. The summed E-state index contributed by atoms with van der Waals surface area (Å²) in [5.74, 6) is 0. The lowest BCUT2D eigenvalue weighted by Crippen LogP contribution is -2.28. The maximum Gasteiger partial charge on any atom is 0.0860 e. The number of rotatable bonds is 6. The highest BCUT2D eigenvalue weighted by Crippen LogP contribution is 2.30. The molecule has 1 aromatic rings. The van der Waals surface area contributed by atoms with E-state index in [0.29, 0.717) is 12.5 Å². The average Bonchev–Trinajstić information content (AvgIpc) is 3.16. The fourth-order valence-electron chi connectivity index (χ4n) is 2.24. The van der Waals surface area contributed by atoms with E-state index in [1.807, 2.05) is 11.6 Å². The smallest absolute Gasteiger partial charge is 0.0860 e. The lowest BCUT2D eigenvalue weighted by Gasteiger charge is -2.21. The maximum atomic E-state index is 8.72. The Balaban J connectivity index is 2.13. The van der Waals surface area contributed by atoms with E-state index in [4.69, 9.17) is 16.9 Å². The second kappa shape index (κ2) is 5.73. The van der Waals surface area contributed by atoms with Crippen LogP contribution in [0.15, 0.2) is 0 Å². The fourth-order valence-corrected chi connectivity index (χ4v) is 2.43. The van der Waals surface area contributed by atoms with Gasteiger partial charge in [0.05, 0.1) is 22.5 Å². The first-order valence-corrected chi connectivity index (χ1v) is 6.88. The summed E-state index contributed by atoms with van der Waals surface area (Å²) in [6.45, 7) is 6.47. The summed E-state index contributed by atoms with van der Waals surface area (Å²) in [4.78, 5) is 2.36. The SMILES string of the molecule is CCn1nc(C)c(Cl)c1CN(CCC#N)C1CC1. The molecular weight excluding hydrogens is 248 g/mol. The van der Waals surface area contributed by atoms with Gasteiger partial charge < -0.3 is 0 Å². The van der Waals surface area contributed by atoms with Crippen molar-refractivity contribution in [3.63, 3.8) is 0 Å². The highest BCUT2D eigenvalue weighted by Gasteiger charge is 2.30. The summed E-state index contributed by atoms with van der Waals surface area (Å²) in [7, 11) is 0. The van der Waals surface area contributed by atoms with Gasteiger partial charge >= 0.3 is 0 Å². The molecule has 2 rings (SSSR count). The van der Waals surface area contributed by atoms with Crippen molar-refractivity contribution in [3.05, 3.63) is 16.4 Å². The molecular formula is C13H19ClN4. The minimum atomic E-state index is 0.577. The van der Waals surface area contributed by atoms with Crippen LogP contribution in [-0.4, -0.2) is 27.3 Å². The molecule has 0 spiro atoms. The van der Waals surface area contributed by atoms with Gasteiger partial charge in [0.2, 0.25) is 0 Å². The molecule has 4 nitrogen and oxygen atoms in total. The highest BCUT2D eigenvalue weighted by atomic mass is 35.5. The van der Waals surface area contributed by atoms with Crippen LogP contribution in [-0.2, 0) is 13.1 Å². The first-order chi connectivity index (χ1) is 8.67. The molecule has 5 heteroatoms. The van der Waals surface area contributed by atoms with E-state index in [2.05, 4.69) is 23.0 Å². The van der Waals surface area contributed by atoms with Gasteiger partial charge in [-0.15, -0.1) is 0 Å². The van der Waals surface area contributed by atoms with Crippen LogP contribution in [0.2, 0.25) is 5.02 Å². The Morgan fingerprint density at radius 3 is 2.83 bits per heavy atom. The molecule has 0 aliphatic heterocycles. The van der Waals surface area contributed by atoms with Crippen LogP contribution in [0.5, 0.6) is 0 Å². The lowest BCUT2D eigenvalue weighted by molar-refractivity contribution is 0.252. The van der Waals surface area contributed by atoms with Crippen molar-refractivity contribution in [2.45, 2.75) is 52.2 Å². The number of aryl methyl sites for hydroxylation is 2. The van der Waals surface area contributed by atoms with Crippen molar-refractivity contribution in [3.8, 4) is 6.07 Å². The Bertz CT molecular complexity index is 456. The Morgan fingerprint density at radius 1 is 1.56 bits per heavy atom. The summed E-state index contributed by atoms with van der Waals surface area (Å²) in [5.41, 5.74) is 1.98. The largest absolute Gasteiger partial charge is 0.294 e. The van der Waals surface area contributed by atoms with Crippen molar-refractivity contribution < 1.29 is 0 Å². The molecule has 0 saturated heterocycles. The van der Waals surface area contributed by atoms with Crippen LogP contribution in [0.1, 0.15) is 37.6 Å². The lowest BCUT2D eigenvalue weighted by atomic mass is 10.3. The second-order valence-corrected chi connectivity index (χ2v) is 5.15. The molecule has 1 aromatic heterocycles. The van der Waals surface area contributed by atoms with Gasteiger partial charge in [-0.25, -0.2) is 0 Å². The van der Waals surface area contributed by atoms with E-state index >= 15 is 0 Å². The zero-order valence-corrected chi connectivity index (χ0v) is 11.7. The first-order valence-electron chi connectivity index (χ1n) is 6.50. The van der Waals surface area contributed by atoms with E-state index in [0.717, 1.165) is 36.0 Å². The fraction of sp³-hybridized carbons (Fsp3) is 0.692. The van der Waals surface area contributed by atoms with E-state index in [1.54, 1.807) is 0 Å². The topological polar surface area (TPSA) is 44.9 Å². The predicted molar refractivity (Wildman–Crippen MR) is 71.3 cm³/mol. The van der Waals surface area contributed by atoms with Gasteiger partial charge in [0.15, 0.2) is 0 Å². The Morgan fingerprint density at radius 2 is 2.28 bits per heavy atom. The van der Waals surface area contributed by atoms with Gasteiger partial charge in [-0.3, -0.25) is 9.58 Å². The van der Waals surface area contributed by atoms with Gasteiger partial charge in [0, 0.05) is 32.1 Å². The highest BCUT2D eigenvalue weighted by molar-refractivity contribution is 6.31. The summed E-state index contributed by atoms with van der Waals surface area (Å²) in [5, 5.41) is 13.9. The van der Waals surface area contributed by atoms with Gasteiger partial charge in [0.25, 0.3) is 0 Å². The minimum absolute atomic E-state index is 0.577. The third-order valence-electron chi connectivity index (χ3n) is 3.38. The van der Waals surface area contributed by atoms with Crippen molar-refractivity contribution >= 4 is 11.6 Å². The van der Waals surface area contributed by atoms with Crippen LogP contribution in [0.4, 0.5) is 0 Å². The number of halogens is 1. The molecule has 0 radical (unpaired) electrons. The van der Waals surface area contributed by atoms with E-state index < -0.39 is 0 Å². The van der Waals surface area contributed by atoms with E-state index in [1.165, 1.54) is 12.8 Å². The predicted octanol–water partition coefficient (Wildman–Crippen LogP) is 2.74. The number of hydrogen-bond donors (Lipinski definition) is 0. The van der Waals surface area contributed by atoms with Gasteiger partial charge in [0.1, 0.15) is 0 Å². The number of nitriles is 1. The van der Waals surface area contributed by atoms with Crippen LogP contribution in [0.3, 0.4) is 0 Å². The average molecular weight is 267 g/mol. The van der Waals surface area contributed by atoms with Crippen LogP contribution >= 0.6 is 11.6 Å². The van der Waals surface area contributed by atoms with E-state index in [-0.39, 0.29) is 0 Å². The van der Waals surface area contributed by atoms with Gasteiger partial charge in [-0.2, -0.15) is 10.4 Å². The summed E-state index contributed by atoms with van der Waals surface area (Å²) < 4.78 is 1.97. The Kier molecular flexibility index (Phi) is 4.26. The summed E-state index contributed by atoms with van der Waals surface area (Å²) in [6, 6.07) is 2.85. The standard InChI is InChI=1S/C13H19ClN4/c1-3-18-12(13(14)10(2)16-18)9-17(8-4-7-15)11-5-6-11/h11H,3-6,8-9H2,1-2H3.